The van der Waals surface area contributed by atoms with Crippen molar-refractivity contribution in [3.63, 3.8) is 0 Å². The number of hydrogen-bond donors (Lipinski definition) is 0. The minimum atomic E-state index is -0.617. The van der Waals surface area contributed by atoms with E-state index in [9.17, 15) is 9.59 Å². The maximum Gasteiger partial charge on any atom is 0.326 e. The van der Waals surface area contributed by atoms with Gasteiger partial charge in [0.25, 0.3) is 0 Å². The van der Waals surface area contributed by atoms with Crippen LogP contribution < -0.4 is 14.2 Å². The van der Waals surface area contributed by atoms with Gasteiger partial charge in [-0.05, 0) is 0 Å². The lowest BCUT2D eigenvalue weighted by atomic mass is 10.4. The normalized spacial score (nSPS) is 9.03. The number of carbonyl (C=O) groups is 2. The van der Waals surface area contributed by atoms with Crippen molar-refractivity contribution >= 4 is 11.9 Å². The van der Waals surface area contributed by atoms with Gasteiger partial charge in [0, 0.05) is 0 Å². The highest BCUT2D eigenvalue weighted by Crippen LogP contribution is 2.14. The fourth-order valence-corrected chi connectivity index (χ4v) is 1.44. The Morgan fingerprint density at radius 3 is 1.13 bits per heavy atom. The zero-order chi connectivity index (χ0) is 23.3. The van der Waals surface area contributed by atoms with Crippen molar-refractivity contribution in [2.45, 2.75) is 6.42 Å². The molecule has 0 aliphatic rings. The summed E-state index contributed by atoms with van der Waals surface area (Å²) < 4.78 is 24.7. The minimum Gasteiger partial charge on any atom is -0.461 e. The van der Waals surface area contributed by atoms with Gasteiger partial charge < -0.3 is 23.7 Å². The first-order valence-corrected chi connectivity index (χ1v) is 9.00. The van der Waals surface area contributed by atoms with Crippen LogP contribution in [0.3, 0.4) is 0 Å². The van der Waals surface area contributed by atoms with Crippen LogP contribution >= 0.6 is 0 Å². The van der Waals surface area contributed by atoms with E-state index >= 15 is 0 Å². The molecule has 0 aliphatic heterocycles. The van der Waals surface area contributed by atoms with Crippen LogP contribution in [0.4, 0.5) is 0 Å². The highest BCUT2D eigenvalue weighted by atomic mass is 16.6. The Morgan fingerprint density at radius 2 is 0.871 bits per heavy atom. The molecular formula is C21H27N3O7. The van der Waals surface area contributed by atoms with Gasteiger partial charge in [0.2, 0.25) is 0 Å². The van der Waals surface area contributed by atoms with Crippen molar-refractivity contribution < 1.29 is 33.3 Å². The highest BCUT2D eigenvalue weighted by molar-refractivity contribution is 5.91. The summed E-state index contributed by atoms with van der Waals surface area (Å²) >= 11 is 0. The van der Waals surface area contributed by atoms with Gasteiger partial charge in [-0.1, -0.05) is 63.3 Å². The van der Waals surface area contributed by atoms with Crippen LogP contribution in [0.2, 0.25) is 0 Å². The van der Waals surface area contributed by atoms with Gasteiger partial charge in [-0.25, -0.2) is 0 Å². The molecule has 0 spiro atoms. The van der Waals surface area contributed by atoms with E-state index in [1.165, 1.54) is 12.2 Å². The third kappa shape index (κ3) is 14.7. The van der Waals surface area contributed by atoms with Crippen LogP contribution in [-0.2, 0) is 19.1 Å². The van der Waals surface area contributed by atoms with E-state index in [1.807, 2.05) is 0 Å². The SMILES string of the molecule is C=CCOC(=O)CC(=O)OCC=C.C=CCOc1nc(OCC=C)nc(OCC=C)n1. The van der Waals surface area contributed by atoms with Gasteiger partial charge in [-0.3, -0.25) is 9.59 Å². The molecule has 10 heteroatoms. The van der Waals surface area contributed by atoms with E-state index in [4.69, 9.17) is 14.2 Å². The Kier molecular flexibility index (Phi) is 15.8. The number of esters is 2. The maximum absolute atomic E-state index is 10.8. The molecule has 1 heterocycles. The van der Waals surface area contributed by atoms with Gasteiger partial charge in [-0.15, -0.1) is 15.0 Å². The zero-order valence-corrected chi connectivity index (χ0v) is 17.4. The van der Waals surface area contributed by atoms with Gasteiger partial charge in [0.1, 0.15) is 39.5 Å². The fraction of sp³-hybridized carbons (Fsp3) is 0.286. The van der Waals surface area contributed by atoms with Crippen molar-refractivity contribution in [1.29, 1.82) is 0 Å². The van der Waals surface area contributed by atoms with Crippen molar-refractivity contribution in [2.75, 3.05) is 33.0 Å². The molecule has 0 saturated carbocycles. The summed E-state index contributed by atoms with van der Waals surface area (Å²) in [6, 6.07) is 0.342. The number of nitrogens with zero attached hydrogens (tertiary/aromatic N) is 3. The Morgan fingerprint density at radius 1 is 0.581 bits per heavy atom. The Balaban J connectivity index is 0.000000615. The molecule has 0 fully saturated rings. The quantitative estimate of drug-likeness (QED) is 0.232. The molecule has 0 aliphatic carbocycles. The van der Waals surface area contributed by atoms with E-state index in [2.05, 4.69) is 57.3 Å². The van der Waals surface area contributed by atoms with Crippen LogP contribution in [-0.4, -0.2) is 59.9 Å². The number of hydrogen-bond acceptors (Lipinski definition) is 10. The summed E-state index contributed by atoms with van der Waals surface area (Å²) in [5.74, 6) is -1.23. The highest BCUT2D eigenvalue weighted by Gasteiger charge is 2.10. The molecule has 0 bridgehead atoms. The second-order valence-electron chi connectivity index (χ2n) is 5.10. The first kappa shape index (κ1) is 27.0. The summed E-state index contributed by atoms with van der Waals surface area (Å²) in [4.78, 5) is 33.4. The standard InChI is InChI=1S/C12H15N3O3.C9H12O4/c1-4-7-16-10-13-11(17-8-5-2)15-12(14-10)18-9-6-3;1-3-5-12-8(10)7-9(11)13-6-4-2/h4-6H,1-3,7-9H2;3-4H,1-2,5-7H2. The second-order valence-corrected chi connectivity index (χ2v) is 5.10. The Bertz CT molecular complexity index is 654. The van der Waals surface area contributed by atoms with Gasteiger partial charge in [0.15, 0.2) is 0 Å². The Hall–Kier alpha value is -3.95. The fourth-order valence-electron chi connectivity index (χ4n) is 1.44. The number of rotatable bonds is 15. The lowest BCUT2D eigenvalue weighted by Crippen LogP contribution is -2.13. The summed E-state index contributed by atoms with van der Waals surface area (Å²) in [6.45, 7) is 18.4. The van der Waals surface area contributed by atoms with Crippen molar-refractivity contribution in [3.8, 4) is 18.0 Å². The van der Waals surface area contributed by atoms with E-state index in [0.29, 0.717) is 0 Å². The van der Waals surface area contributed by atoms with Crippen LogP contribution in [0.15, 0.2) is 63.3 Å². The Labute approximate surface area is 181 Å². The molecule has 0 radical (unpaired) electrons. The van der Waals surface area contributed by atoms with E-state index in [0.717, 1.165) is 0 Å². The molecule has 31 heavy (non-hydrogen) atoms. The first-order chi connectivity index (χ1) is 15.0. The summed E-state index contributed by atoms with van der Waals surface area (Å²) in [5.41, 5.74) is 0. The number of aromatic nitrogens is 3. The van der Waals surface area contributed by atoms with E-state index in [1.54, 1.807) is 18.2 Å². The predicted molar refractivity (Wildman–Crippen MR) is 114 cm³/mol. The predicted octanol–water partition coefficient (Wildman–Crippen LogP) is 2.40. The van der Waals surface area contributed by atoms with Crippen LogP contribution in [0.25, 0.3) is 0 Å². The molecule has 1 aromatic rings. The third-order valence-corrected chi connectivity index (χ3v) is 2.58. The molecule has 10 nitrogen and oxygen atoms in total. The molecule has 1 aromatic heterocycles. The molecule has 168 valence electrons. The molecule has 0 saturated heterocycles. The lowest BCUT2D eigenvalue weighted by Gasteiger charge is -2.07. The number of carbonyl (C=O) groups excluding carboxylic acids is 2. The smallest absolute Gasteiger partial charge is 0.326 e. The van der Waals surface area contributed by atoms with Crippen molar-refractivity contribution in [1.82, 2.24) is 15.0 Å². The molecule has 0 aromatic carbocycles. The minimum absolute atomic E-state index is 0.105. The lowest BCUT2D eigenvalue weighted by molar-refractivity contribution is -0.153. The van der Waals surface area contributed by atoms with Crippen molar-refractivity contribution in [2.24, 2.45) is 0 Å². The molecular weight excluding hydrogens is 406 g/mol. The monoisotopic (exact) mass is 433 g/mol. The molecule has 0 amide bonds. The second kappa shape index (κ2) is 18.1. The van der Waals surface area contributed by atoms with Crippen LogP contribution in [0, 0.1) is 0 Å². The average molecular weight is 433 g/mol. The van der Waals surface area contributed by atoms with Crippen LogP contribution in [0.5, 0.6) is 18.0 Å². The van der Waals surface area contributed by atoms with E-state index < -0.39 is 11.9 Å². The topological polar surface area (TPSA) is 119 Å². The maximum atomic E-state index is 10.8. The molecule has 0 N–H and O–H groups in total. The van der Waals surface area contributed by atoms with E-state index in [-0.39, 0.29) is 57.5 Å². The van der Waals surface area contributed by atoms with Gasteiger partial charge in [0.05, 0.1) is 0 Å². The molecule has 1 rings (SSSR count). The average Bonchev–Trinajstić information content (AvgIpc) is 2.77. The number of ether oxygens (including phenoxy) is 5. The summed E-state index contributed by atoms with van der Waals surface area (Å²) in [5, 5.41) is 0. The van der Waals surface area contributed by atoms with Gasteiger partial charge in [-0.2, -0.15) is 0 Å². The van der Waals surface area contributed by atoms with Crippen molar-refractivity contribution in [3.05, 3.63) is 63.3 Å². The van der Waals surface area contributed by atoms with Crippen LogP contribution in [0.1, 0.15) is 6.42 Å². The zero-order valence-electron chi connectivity index (χ0n) is 17.4. The van der Waals surface area contributed by atoms with Gasteiger partial charge >= 0.3 is 30.0 Å². The third-order valence-electron chi connectivity index (χ3n) is 2.58. The first-order valence-electron chi connectivity index (χ1n) is 9.00. The summed E-state index contributed by atoms with van der Waals surface area (Å²) in [6.07, 6.45) is 7.22. The summed E-state index contributed by atoms with van der Waals surface area (Å²) in [7, 11) is 0. The molecule has 0 unspecified atom stereocenters. The molecule has 0 atom stereocenters. The largest absolute Gasteiger partial charge is 0.461 e.